The summed E-state index contributed by atoms with van der Waals surface area (Å²) in [5.41, 5.74) is -0.350. The smallest absolute Gasteiger partial charge is 0.225 e. The van der Waals surface area contributed by atoms with E-state index >= 15 is 0 Å². The molecule has 0 bridgehead atoms. The van der Waals surface area contributed by atoms with Crippen LogP contribution < -0.4 is 5.32 Å². The molecule has 0 saturated carbocycles. The van der Waals surface area contributed by atoms with Gasteiger partial charge < -0.3 is 10.4 Å². The summed E-state index contributed by atoms with van der Waals surface area (Å²) in [5, 5.41) is 13.2. The molecule has 0 aromatic carbocycles. The molecule has 22 heavy (non-hydrogen) atoms. The highest BCUT2D eigenvalue weighted by Crippen LogP contribution is 2.25. The summed E-state index contributed by atoms with van der Waals surface area (Å²) in [5.74, 6) is 0.584. The minimum absolute atomic E-state index is 0.123. The van der Waals surface area contributed by atoms with Crippen molar-refractivity contribution in [2.24, 2.45) is 11.3 Å². The van der Waals surface area contributed by atoms with Crippen molar-refractivity contribution in [3.63, 3.8) is 0 Å². The average Bonchev–Trinajstić information content (AvgIpc) is 2.44. The Bertz CT molecular complexity index is 351. The van der Waals surface area contributed by atoms with Gasteiger partial charge in [-0.15, -0.1) is 0 Å². The quantitative estimate of drug-likeness (QED) is 0.793. The second-order valence-corrected chi connectivity index (χ2v) is 8.03. The van der Waals surface area contributed by atoms with E-state index in [2.05, 4.69) is 24.1 Å². The van der Waals surface area contributed by atoms with Crippen molar-refractivity contribution in [3.8, 4) is 0 Å². The van der Waals surface area contributed by atoms with Crippen LogP contribution in [0.3, 0.4) is 0 Å². The SMILES string of the molecule is CCC(O)CC1CC(NC(=O)C(C)(C)C)CN(C(C)CC)C1. The van der Waals surface area contributed by atoms with Crippen molar-refractivity contribution in [2.75, 3.05) is 13.1 Å². The maximum absolute atomic E-state index is 12.3. The molecule has 1 amide bonds. The van der Waals surface area contributed by atoms with Crippen molar-refractivity contribution in [3.05, 3.63) is 0 Å². The van der Waals surface area contributed by atoms with Gasteiger partial charge in [-0.25, -0.2) is 0 Å². The Morgan fingerprint density at radius 3 is 2.41 bits per heavy atom. The lowest BCUT2D eigenvalue weighted by molar-refractivity contribution is -0.129. The van der Waals surface area contributed by atoms with Gasteiger partial charge in [-0.2, -0.15) is 0 Å². The third-order valence-corrected chi connectivity index (χ3v) is 4.87. The number of hydrogen-bond acceptors (Lipinski definition) is 3. The van der Waals surface area contributed by atoms with Gasteiger partial charge in [-0.3, -0.25) is 9.69 Å². The number of likely N-dealkylation sites (tertiary alicyclic amines) is 1. The fraction of sp³-hybridized carbons (Fsp3) is 0.944. The molecular formula is C18H36N2O2. The largest absolute Gasteiger partial charge is 0.393 e. The van der Waals surface area contributed by atoms with E-state index in [0.29, 0.717) is 12.0 Å². The van der Waals surface area contributed by atoms with Gasteiger partial charge in [0.2, 0.25) is 5.91 Å². The third-order valence-electron chi connectivity index (χ3n) is 4.87. The van der Waals surface area contributed by atoms with Gasteiger partial charge in [-0.1, -0.05) is 34.6 Å². The second-order valence-electron chi connectivity index (χ2n) is 8.03. The second kappa shape index (κ2) is 8.30. The Hall–Kier alpha value is -0.610. The van der Waals surface area contributed by atoms with E-state index in [9.17, 15) is 9.90 Å². The molecule has 2 N–H and O–H groups in total. The van der Waals surface area contributed by atoms with Crippen LogP contribution in [0.4, 0.5) is 0 Å². The highest BCUT2D eigenvalue weighted by molar-refractivity contribution is 5.81. The van der Waals surface area contributed by atoms with Gasteiger partial charge in [-0.05, 0) is 38.5 Å². The lowest BCUT2D eigenvalue weighted by Crippen LogP contribution is -2.55. The lowest BCUT2D eigenvalue weighted by atomic mass is 9.87. The molecule has 0 radical (unpaired) electrons. The third kappa shape index (κ3) is 5.88. The molecule has 4 unspecified atom stereocenters. The van der Waals surface area contributed by atoms with E-state index in [1.165, 1.54) is 0 Å². The van der Waals surface area contributed by atoms with E-state index in [0.717, 1.165) is 38.8 Å². The number of piperidine rings is 1. The molecule has 4 nitrogen and oxygen atoms in total. The van der Waals surface area contributed by atoms with Crippen LogP contribution >= 0.6 is 0 Å². The Morgan fingerprint density at radius 1 is 1.27 bits per heavy atom. The van der Waals surface area contributed by atoms with Crippen LogP contribution in [0.5, 0.6) is 0 Å². The van der Waals surface area contributed by atoms with Crippen LogP contribution in [0.15, 0.2) is 0 Å². The van der Waals surface area contributed by atoms with Gasteiger partial charge in [0.1, 0.15) is 0 Å². The van der Waals surface area contributed by atoms with E-state index < -0.39 is 0 Å². The van der Waals surface area contributed by atoms with Gasteiger partial charge in [0.15, 0.2) is 0 Å². The van der Waals surface area contributed by atoms with Gasteiger partial charge in [0.25, 0.3) is 0 Å². The molecule has 1 saturated heterocycles. The Balaban J connectivity index is 2.72. The predicted octanol–water partition coefficient (Wildman–Crippen LogP) is 2.80. The van der Waals surface area contributed by atoms with Crippen molar-refractivity contribution in [2.45, 2.75) is 85.4 Å². The van der Waals surface area contributed by atoms with Crippen molar-refractivity contribution >= 4 is 5.91 Å². The summed E-state index contributed by atoms with van der Waals surface area (Å²) in [7, 11) is 0. The fourth-order valence-electron chi connectivity index (χ4n) is 3.09. The fourth-order valence-corrected chi connectivity index (χ4v) is 3.09. The molecule has 130 valence electrons. The number of nitrogens with zero attached hydrogens (tertiary/aromatic N) is 1. The number of aliphatic hydroxyl groups is 1. The van der Waals surface area contributed by atoms with Crippen LogP contribution in [-0.4, -0.2) is 47.2 Å². The van der Waals surface area contributed by atoms with Gasteiger partial charge >= 0.3 is 0 Å². The maximum Gasteiger partial charge on any atom is 0.225 e. The molecule has 4 atom stereocenters. The van der Waals surface area contributed by atoms with E-state index in [-0.39, 0.29) is 23.5 Å². The minimum atomic E-state index is -0.350. The van der Waals surface area contributed by atoms with E-state index in [4.69, 9.17) is 0 Å². The summed E-state index contributed by atoms with van der Waals surface area (Å²) in [6, 6.07) is 0.721. The van der Waals surface area contributed by atoms with Crippen molar-refractivity contribution < 1.29 is 9.90 Å². The number of carbonyl (C=O) groups excluding carboxylic acids is 1. The highest BCUT2D eigenvalue weighted by atomic mass is 16.3. The number of carbonyl (C=O) groups is 1. The molecule has 0 aromatic heterocycles. The first-order valence-electron chi connectivity index (χ1n) is 8.90. The number of aliphatic hydroxyl groups excluding tert-OH is 1. The molecular weight excluding hydrogens is 276 g/mol. The van der Waals surface area contributed by atoms with Gasteiger partial charge in [0, 0.05) is 30.6 Å². The zero-order chi connectivity index (χ0) is 16.9. The molecule has 0 aliphatic carbocycles. The Kier molecular flexibility index (Phi) is 7.33. The minimum Gasteiger partial charge on any atom is -0.393 e. The first-order chi connectivity index (χ1) is 10.2. The summed E-state index contributed by atoms with van der Waals surface area (Å²) >= 11 is 0. The molecule has 1 fully saturated rings. The molecule has 4 heteroatoms. The molecule has 0 aromatic rings. The van der Waals surface area contributed by atoms with Crippen LogP contribution in [0.25, 0.3) is 0 Å². The zero-order valence-corrected chi connectivity index (χ0v) is 15.4. The average molecular weight is 312 g/mol. The van der Waals surface area contributed by atoms with Crippen LogP contribution in [0.1, 0.15) is 67.2 Å². The van der Waals surface area contributed by atoms with Gasteiger partial charge in [0.05, 0.1) is 6.10 Å². The number of amides is 1. The lowest BCUT2D eigenvalue weighted by Gasteiger charge is -2.42. The highest BCUT2D eigenvalue weighted by Gasteiger charge is 2.32. The summed E-state index contributed by atoms with van der Waals surface area (Å²) in [6.07, 6.45) is 3.51. The first-order valence-corrected chi connectivity index (χ1v) is 8.90. The number of nitrogens with one attached hydrogen (secondary N) is 1. The summed E-state index contributed by atoms with van der Waals surface area (Å²) in [4.78, 5) is 14.8. The molecule has 1 aliphatic rings. The van der Waals surface area contributed by atoms with Crippen LogP contribution in [0, 0.1) is 11.3 Å². The van der Waals surface area contributed by atoms with E-state index in [1.807, 2.05) is 27.7 Å². The summed E-state index contributed by atoms with van der Waals surface area (Å²) in [6.45, 7) is 14.3. The predicted molar refractivity (Wildman–Crippen MR) is 91.7 cm³/mol. The van der Waals surface area contributed by atoms with Crippen LogP contribution in [-0.2, 0) is 4.79 Å². The van der Waals surface area contributed by atoms with Crippen LogP contribution in [0.2, 0.25) is 0 Å². The van der Waals surface area contributed by atoms with Crippen molar-refractivity contribution in [1.29, 1.82) is 0 Å². The Morgan fingerprint density at radius 2 is 1.91 bits per heavy atom. The maximum atomic E-state index is 12.3. The normalized spacial score (nSPS) is 26.5. The first kappa shape index (κ1) is 19.4. The molecule has 0 spiro atoms. The number of rotatable bonds is 6. The molecule has 1 aliphatic heterocycles. The monoisotopic (exact) mass is 312 g/mol. The zero-order valence-electron chi connectivity index (χ0n) is 15.4. The molecule has 1 rings (SSSR count). The van der Waals surface area contributed by atoms with Crippen molar-refractivity contribution in [1.82, 2.24) is 10.2 Å². The molecule has 1 heterocycles. The Labute approximate surface area is 136 Å². The standard InChI is InChI=1S/C18H36N2O2/c1-7-13(3)20-11-14(10-16(21)8-2)9-15(12-20)19-17(22)18(4,5)6/h13-16,21H,7-12H2,1-6H3,(H,19,22). The topological polar surface area (TPSA) is 52.6 Å². The summed E-state index contributed by atoms with van der Waals surface area (Å²) < 4.78 is 0. The van der Waals surface area contributed by atoms with E-state index in [1.54, 1.807) is 0 Å². The number of hydrogen-bond donors (Lipinski definition) is 2.